The van der Waals surface area contributed by atoms with Gasteiger partial charge in [-0.3, -0.25) is 9.59 Å². The molecule has 0 saturated carbocycles. The van der Waals surface area contributed by atoms with Crippen LogP contribution in [0.3, 0.4) is 0 Å². The van der Waals surface area contributed by atoms with Crippen LogP contribution in [0.2, 0.25) is 0 Å². The Kier molecular flexibility index (Phi) is 10.8. The number of amides is 1. The second kappa shape index (κ2) is 11.4. The number of esters is 1. The summed E-state index contributed by atoms with van der Waals surface area (Å²) >= 11 is 0. The average Bonchev–Trinajstić information content (AvgIpc) is 2.49. The van der Waals surface area contributed by atoms with Crippen LogP contribution in [0.1, 0.15) is 39.5 Å². The van der Waals surface area contributed by atoms with E-state index in [2.05, 4.69) is 26.5 Å². The molecule has 6 heteroatoms. The highest BCUT2D eigenvalue weighted by molar-refractivity contribution is 5.80. The van der Waals surface area contributed by atoms with Crippen LogP contribution in [0.4, 0.5) is 0 Å². The molecule has 2 unspecified atom stereocenters. The van der Waals surface area contributed by atoms with Crippen molar-refractivity contribution in [1.29, 1.82) is 0 Å². The quantitative estimate of drug-likeness (QED) is 0.320. The molecule has 23 heavy (non-hydrogen) atoms. The third-order valence-corrected chi connectivity index (χ3v) is 3.90. The molecule has 0 rings (SSSR count). The molecule has 0 aliphatic carbocycles. The van der Waals surface area contributed by atoms with Gasteiger partial charge in [-0.05, 0) is 19.3 Å². The van der Waals surface area contributed by atoms with Gasteiger partial charge in [-0.2, -0.15) is 0 Å². The van der Waals surface area contributed by atoms with E-state index in [4.69, 9.17) is 9.84 Å². The number of aliphatic hydroxyl groups excluding tert-OH is 1. The molecule has 0 spiro atoms. The van der Waals surface area contributed by atoms with Gasteiger partial charge in [0, 0.05) is 18.9 Å². The molecule has 0 aromatic carbocycles. The second-order valence-corrected chi connectivity index (χ2v) is 7.00. The van der Waals surface area contributed by atoms with Gasteiger partial charge in [0.15, 0.2) is 0 Å². The number of rotatable bonds is 12. The average molecular weight is 331 g/mol. The smallest absolute Gasteiger partial charge is 0.309 e. The Morgan fingerprint density at radius 3 is 2.22 bits per heavy atom. The Bertz CT molecular complexity index is 353. The molecule has 0 fully saturated rings. The third kappa shape index (κ3) is 10.3. The summed E-state index contributed by atoms with van der Waals surface area (Å²) in [6, 6.07) is 0. The van der Waals surface area contributed by atoms with Crippen molar-refractivity contribution in [1.82, 2.24) is 5.32 Å². The predicted molar refractivity (Wildman–Crippen MR) is 90.7 cm³/mol. The molecule has 0 aliphatic heterocycles. The van der Waals surface area contributed by atoms with Gasteiger partial charge in [0.2, 0.25) is 5.91 Å². The largest absolute Gasteiger partial charge is 0.463 e. The fourth-order valence-electron chi connectivity index (χ4n) is 2.41. The van der Waals surface area contributed by atoms with Crippen molar-refractivity contribution in [2.45, 2.75) is 39.5 Å². The van der Waals surface area contributed by atoms with Crippen molar-refractivity contribution in [3.05, 3.63) is 0 Å². The normalized spacial score (nSPS) is 14.2. The topological polar surface area (TPSA) is 75.6 Å². The number of hydrogen-bond acceptors (Lipinski definition) is 4. The van der Waals surface area contributed by atoms with Gasteiger partial charge < -0.3 is 19.6 Å². The first-order valence-corrected chi connectivity index (χ1v) is 8.60. The maximum absolute atomic E-state index is 12.3. The van der Waals surface area contributed by atoms with Gasteiger partial charge in [0.25, 0.3) is 0 Å². The number of hydrogen-bond donors (Lipinski definition) is 2. The van der Waals surface area contributed by atoms with Crippen LogP contribution < -0.4 is 5.32 Å². The minimum absolute atomic E-state index is 0.0160. The van der Waals surface area contributed by atoms with Crippen molar-refractivity contribution < 1.29 is 23.9 Å². The van der Waals surface area contributed by atoms with Crippen LogP contribution in [0, 0.1) is 11.8 Å². The van der Waals surface area contributed by atoms with Gasteiger partial charge in [-0.15, -0.1) is 0 Å². The van der Waals surface area contributed by atoms with Crippen molar-refractivity contribution in [2.24, 2.45) is 11.8 Å². The first-order valence-electron chi connectivity index (χ1n) is 8.60. The number of carbonyl (C=O) groups is 2. The Labute approximate surface area is 140 Å². The van der Waals surface area contributed by atoms with Gasteiger partial charge in [0.05, 0.1) is 40.2 Å². The summed E-state index contributed by atoms with van der Waals surface area (Å²) in [6.07, 6.45) is 2.76. The van der Waals surface area contributed by atoms with Crippen molar-refractivity contribution in [3.8, 4) is 0 Å². The third-order valence-electron chi connectivity index (χ3n) is 3.90. The lowest BCUT2D eigenvalue weighted by Crippen LogP contribution is -2.39. The van der Waals surface area contributed by atoms with Gasteiger partial charge in [0.1, 0.15) is 6.61 Å². The summed E-state index contributed by atoms with van der Waals surface area (Å²) in [5, 5.41) is 11.7. The van der Waals surface area contributed by atoms with E-state index in [1.807, 2.05) is 13.8 Å². The lowest BCUT2D eigenvalue weighted by Gasteiger charge is -2.24. The van der Waals surface area contributed by atoms with E-state index in [-0.39, 0.29) is 36.9 Å². The van der Waals surface area contributed by atoms with Crippen LogP contribution in [0.25, 0.3) is 0 Å². The number of aliphatic hydroxyl groups is 1. The van der Waals surface area contributed by atoms with E-state index in [0.29, 0.717) is 25.8 Å². The number of quaternary nitrogens is 1. The monoisotopic (exact) mass is 331 g/mol. The Hall–Kier alpha value is -1.14. The molecule has 0 aromatic heterocycles. The molecule has 0 bridgehead atoms. The minimum atomic E-state index is -0.321. The maximum atomic E-state index is 12.3. The van der Waals surface area contributed by atoms with Crippen LogP contribution in [0.15, 0.2) is 0 Å². The van der Waals surface area contributed by atoms with Crippen molar-refractivity contribution in [2.75, 3.05) is 47.4 Å². The first kappa shape index (κ1) is 21.9. The van der Waals surface area contributed by atoms with E-state index in [9.17, 15) is 9.59 Å². The minimum Gasteiger partial charge on any atom is -0.463 e. The second-order valence-electron chi connectivity index (χ2n) is 7.00. The molecular formula is C17H35N2O4+. The van der Waals surface area contributed by atoms with Crippen molar-refractivity contribution >= 4 is 11.9 Å². The highest BCUT2D eigenvalue weighted by atomic mass is 16.5. The predicted octanol–water partition coefficient (Wildman–Crippen LogP) is 1.18. The number of ether oxygens (including phenoxy) is 1. The van der Waals surface area contributed by atoms with Crippen molar-refractivity contribution in [3.63, 3.8) is 0 Å². The molecule has 0 saturated heterocycles. The van der Waals surface area contributed by atoms with E-state index in [1.165, 1.54) is 0 Å². The summed E-state index contributed by atoms with van der Waals surface area (Å²) in [5.74, 6) is -0.769. The van der Waals surface area contributed by atoms with E-state index < -0.39 is 0 Å². The van der Waals surface area contributed by atoms with Crippen LogP contribution in [-0.2, 0) is 14.3 Å². The maximum Gasteiger partial charge on any atom is 0.309 e. The lowest BCUT2D eigenvalue weighted by atomic mass is 9.90. The molecule has 6 nitrogen and oxygen atoms in total. The standard InChI is InChI=1S/C17H34N2O4/c1-6-14(13-15(7-2)17(22)23-12-11-20)16(21)18-9-8-10-19(3,4)5/h14-15,20H,6-13H2,1-5H3/p+1. The first-order chi connectivity index (χ1) is 10.7. The highest BCUT2D eigenvalue weighted by Crippen LogP contribution is 2.20. The number of nitrogens with one attached hydrogen (secondary N) is 1. The molecule has 2 N–H and O–H groups in total. The van der Waals surface area contributed by atoms with Crippen LogP contribution in [0.5, 0.6) is 0 Å². The summed E-state index contributed by atoms with van der Waals surface area (Å²) < 4.78 is 5.86. The molecule has 1 amide bonds. The number of carbonyl (C=O) groups excluding carboxylic acids is 2. The van der Waals surface area contributed by atoms with Crippen LogP contribution in [-0.4, -0.2) is 68.9 Å². The summed E-state index contributed by atoms with van der Waals surface area (Å²) in [4.78, 5) is 24.2. The molecule has 2 atom stereocenters. The Morgan fingerprint density at radius 2 is 1.74 bits per heavy atom. The van der Waals surface area contributed by atoms with E-state index >= 15 is 0 Å². The Morgan fingerprint density at radius 1 is 1.13 bits per heavy atom. The van der Waals surface area contributed by atoms with Gasteiger partial charge in [-0.1, -0.05) is 13.8 Å². The molecule has 0 heterocycles. The van der Waals surface area contributed by atoms with Gasteiger partial charge >= 0.3 is 5.97 Å². The highest BCUT2D eigenvalue weighted by Gasteiger charge is 2.26. The fourth-order valence-corrected chi connectivity index (χ4v) is 2.41. The molecule has 0 aromatic rings. The summed E-state index contributed by atoms with van der Waals surface area (Å²) in [7, 11) is 6.38. The molecule has 0 radical (unpaired) electrons. The zero-order valence-electron chi connectivity index (χ0n) is 15.4. The summed E-state index contributed by atoms with van der Waals surface area (Å²) in [5.41, 5.74) is 0. The fraction of sp³-hybridized carbons (Fsp3) is 0.882. The number of nitrogens with zero attached hydrogens (tertiary/aromatic N) is 1. The zero-order valence-corrected chi connectivity index (χ0v) is 15.4. The van der Waals surface area contributed by atoms with Gasteiger partial charge in [-0.25, -0.2) is 0 Å². The lowest BCUT2D eigenvalue weighted by molar-refractivity contribution is -0.870. The van der Waals surface area contributed by atoms with E-state index in [1.54, 1.807) is 0 Å². The SMILES string of the molecule is CCC(CC(CC)C(=O)OCCO)C(=O)NCCC[N+](C)(C)C. The molecule has 0 aliphatic rings. The zero-order chi connectivity index (χ0) is 17.9. The molecular weight excluding hydrogens is 296 g/mol. The molecule has 136 valence electrons. The Balaban J connectivity index is 4.33. The van der Waals surface area contributed by atoms with Crippen LogP contribution >= 0.6 is 0 Å². The summed E-state index contributed by atoms with van der Waals surface area (Å²) in [6.45, 7) is 5.38. The van der Waals surface area contributed by atoms with E-state index in [0.717, 1.165) is 17.4 Å².